The SMILES string of the molecule is CNC(c1ccc[nH]1)C(C(=O)O)C(C)C. The molecule has 0 spiro atoms. The molecule has 0 saturated carbocycles. The normalized spacial score (nSPS) is 15.2. The van der Waals surface area contributed by atoms with Crippen LogP contribution in [0.2, 0.25) is 0 Å². The molecule has 1 aromatic rings. The number of aromatic nitrogens is 1. The molecule has 2 unspecified atom stereocenters. The molecule has 3 N–H and O–H groups in total. The molecule has 0 radical (unpaired) electrons. The molecule has 0 saturated heterocycles. The predicted molar refractivity (Wildman–Crippen MR) is 58.6 cm³/mol. The second-order valence-corrected chi connectivity index (χ2v) is 4.00. The number of hydrogen-bond donors (Lipinski definition) is 3. The molecule has 15 heavy (non-hydrogen) atoms. The summed E-state index contributed by atoms with van der Waals surface area (Å²) in [6.07, 6.45) is 1.80. The Morgan fingerprint density at radius 1 is 1.53 bits per heavy atom. The summed E-state index contributed by atoms with van der Waals surface area (Å²) in [5.41, 5.74) is 0.915. The number of carbonyl (C=O) groups is 1. The Labute approximate surface area is 89.7 Å². The number of aliphatic carboxylic acids is 1. The molecule has 0 aromatic carbocycles. The van der Waals surface area contributed by atoms with Crippen molar-refractivity contribution in [2.75, 3.05) is 7.05 Å². The van der Waals surface area contributed by atoms with Crippen molar-refractivity contribution >= 4 is 5.97 Å². The molecule has 0 aliphatic rings. The zero-order chi connectivity index (χ0) is 11.4. The number of carboxylic acids is 1. The summed E-state index contributed by atoms with van der Waals surface area (Å²) in [7, 11) is 1.78. The van der Waals surface area contributed by atoms with Crippen LogP contribution in [-0.4, -0.2) is 23.1 Å². The van der Waals surface area contributed by atoms with Crippen molar-refractivity contribution in [2.24, 2.45) is 11.8 Å². The van der Waals surface area contributed by atoms with Crippen LogP contribution in [0.25, 0.3) is 0 Å². The first-order valence-corrected chi connectivity index (χ1v) is 5.11. The monoisotopic (exact) mass is 210 g/mol. The number of nitrogens with one attached hydrogen (secondary N) is 2. The van der Waals surface area contributed by atoms with Gasteiger partial charge in [-0.15, -0.1) is 0 Å². The van der Waals surface area contributed by atoms with E-state index in [-0.39, 0.29) is 12.0 Å². The maximum atomic E-state index is 11.2. The minimum atomic E-state index is -0.765. The van der Waals surface area contributed by atoms with Gasteiger partial charge in [0.2, 0.25) is 0 Å². The zero-order valence-electron chi connectivity index (χ0n) is 9.32. The van der Waals surface area contributed by atoms with Crippen molar-refractivity contribution in [3.05, 3.63) is 24.0 Å². The highest BCUT2D eigenvalue weighted by Crippen LogP contribution is 2.27. The lowest BCUT2D eigenvalue weighted by molar-refractivity contribution is -0.144. The van der Waals surface area contributed by atoms with Crippen LogP contribution < -0.4 is 5.32 Å². The average molecular weight is 210 g/mol. The molecule has 84 valence electrons. The molecule has 0 fully saturated rings. The van der Waals surface area contributed by atoms with Crippen molar-refractivity contribution in [3.8, 4) is 0 Å². The third kappa shape index (κ3) is 2.59. The Bertz CT molecular complexity index is 306. The molecule has 1 heterocycles. The van der Waals surface area contributed by atoms with E-state index in [9.17, 15) is 9.90 Å². The Morgan fingerprint density at radius 3 is 2.53 bits per heavy atom. The third-order valence-electron chi connectivity index (χ3n) is 2.63. The van der Waals surface area contributed by atoms with E-state index in [1.807, 2.05) is 26.0 Å². The van der Waals surface area contributed by atoms with E-state index in [1.54, 1.807) is 13.2 Å². The van der Waals surface area contributed by atoms with Crippen molar-refractivity contribution in [3.63, 3.8) is 0 Å². The molecule has 0 bridgehead atoms. The van der Waals surface area contributed by atoms with Crippen LogP contribution in [0.5, 0.6) is 0 Å². The van der Waals surface area contributed by atoms with Gasteiger partial charge in [-0.3, -0.25) is 4.79 Å². The van der Waals surface area contributed by atoms with Gasteiger partial charge in [0.1, 0.15) is 0 Å². The minimum absolute atomic E-state index is 0.0863. The fourth-order valence-electron chi connectivity index (χ4n) is 1.88. The van der Waals surface area contributed by atoms with Crippen LogP contribution in [0.1, 0.15) is 25.6 Å². The summed E-state index contributed by atoms with van der Waals surface area (Å²) in [5, 5.41) is 12.2. The van der Waals surface area contributed by atoms with Gasteiger partial charge in [-0.1, -0.05) is 13.8 Å². The lowest BCUT2D eigenvalue weighted by atomic mass is 9.87. The van der Waals surface area contributed by atoms with Crippen molar-refractivity contribution < 1.29 is 9.90 Å². The van der Waals surface area contributed by atoms with Gasteiger partial charge in [0.15, 0.2) is 0 Å². The third-order valence-corrected chi connectivity index (χ3v) is 2.63. The molecule has 0 aliphatic heterocycles. The van der Waals surface area contributed by atoms with Crippen molar-refractivity contribution in [1.82, 2.24) is 10.3 Å². The topological polar surface area (TPSA) is 65.1 Å². The molecule has 1 aromatic heterocycles. The van der Waals surface area contributed by atoms with Crippen molar-refractivity contribution in [1.29, 1.82) is 0 Å². The van der Waals surface area contributed by atoms with Crippen LogP contribution in [0.3, 0.4) is 0 Å². The molecule has 0 aliphatic carbocycles. The second-order valence-electron chi connectivity index (χ2n) is 4.00. The first-order valence-electron chi connectivity index (χ1n) is 5.11. The average Bonchev–Trinajstić information content (AvgIpc) is 2.64. The lowest BCUT2D eigenvalue weighted by Gasteiger charge is -2.25. The minimum Gasteiger partial charge on any atom is -0.481 e. The number of carboxylic acid groups (broad SMARTS) is 1. The Kier molecular flexibility index (Phi) is 3.91. The summed E-state index contributed by atoms with van der Waals surface area (Å²) in [4.78, 5) is 14.2. The molecule has 0 amide bonds. The highest BCUT2D eigenvalue weighted by molar-refractivity contribution is 5.71. The fourth-order valence-corrected chi connectivity index (χ4v) is 1.88. The van der Waals surface area contributed by atoms with Gasteiger partial charge in [0.05, 0.1) is 12.0 Å². The zero-order valence-corrected chi connectivity index (χ0v) is 9.32. The second kappa shape index (κ2) is 4.98. The van der Waals surface area contributed by atoms with Gasteiger partial charge in [0, 0.05) is 11.9 Å². The number of hydrogen-bond acceptors (Lipinski definition) is 2. The van der Waals surface area contributed by atoms with E-state index in [1.165, 1.54) is 0 Å². The molecule has 2 atom stereocenters. The highest BCUT2D eigenvalue weighted by atomic mass is 16.4. The predicted octanol–water partition coefficient (Wildman–Crippen LogP) is 1.63. The van der Waals surface area contributed by atoms with Gasteiger partial charge < -0.3 is 15.4 Å². The number of aromatic amines is 1. The van der Waals surface area contributed by atoms with Gasteiger partial charge in [-0.2, -0.15) is 0 Å². The van der Waals surface area contributed by atoms with E-state index < -0.39 is 11.9 Å². The van der Waals surface area contributed by atoms with Gasteiger partial charge in [0.25, 0.3) is 0 Å². The molecular weight excluding hydrogens is 192 g/mol. The first kappa shape index (κ1) is 11.8. The lowest BCUT2D eigenvalue weighted by Crippen LogP contribution is -2.34. The Hall–Kier alpha value is -1.29. The molecular formula is C11H18N2O2. The summed E-state index contributed by atoms with van der Waals surface area (Å²) in [6.45, 7) is 3.85. The quantitative estimate of drug-likeness (QED) is 0.692. The van der Waals surface area contributed by atoms with Gasteiger partial charge >= 0.3 is 5.97 Å². The first-order chi connectivity index (χ1) is 7.07. The van der Waals surface area contributed by atoms with E-state index in [4.69, 9.17) is 0 Å². The highest BCUT2D eigenvalue weighted by Gasteiger charge is 2.31. The van der Waals surface area contributed by atoms with Crippen LogP contribution >= 0.6 is 0 Å². The molecule has 1 rings (SSSR count). The van der Waals surface area contributed by atoms with Crippen LogP contribution in [0, 0.1) is 11.8 Å². The van der Waals surface area contributed by atoms with Crippen molar-refractivity contribution in [2.45, 2.75) is 19.9 Å². The van der Waals surface area contributed by atoms with E-state index in [0.717, 1.165) is 5.69 Å². The summed E-state index contributed by atoms with van der Waals surface area (Å²) in [6, 6.07) is 3.61. The summed E-state index contributed by atoms with van der Waals surface area (Å²) >= 11 is 0. The van der Waals surface area contributed by atoms with Gasteiger partial charge in [-0.05, 0) is 25.1 Å². The fraction of sp³-hybridized carbons (Fsp3) is 0.545. The Balaban J connectivity index is 2.94. The number of rotatable bonds is 5. The maximum absolute atomic E-state index is 11.2. The largest absolute Gasteiger partial charge is 0.481 e. The van der Waals surface area contributed by atoms with E-state index >= 15 is 0 Å². The smallest absolute Gasteiger partial charge is 0.308 e. The van der Waals surface area contributed by atoms with Crippen LogP contribution in [0.15, 0.2) is 18.3 Å². The van der Waals surface area contributed by atoms with E-state index in [0.29, 0.717) is 0 Å². The van der Waals surface area contributed by atoms with Gasteiger partial charge in [-0.25, -0.2) is 0 Å². The standard InChI is InChI=1S/C11H18N2O2/c1-7(2)9(11(14)15)10(12-3)8-5-4-6-13-8/h4-7,9-10,12-13H,1-3H3,(H,14,15). The van der Waals surface area contributed by atoms with Crippen LogP contribution in [-0.2, 0) is 4.79 Å². The Morgan fingerprint density at radius 2 is 2.20 bits per heavy atom. The molecule has 4 nitrogen and oxygen atoms in total. The summed E-state index contributed by atoms with van der Waals surface area (Å²) < 4.78 is 0. The number of H-pyrrole nitrogens is 1. The maximum Gasteiger partial charge on any atom is 0.308 e. The summed E-state index contributed by atoms with van der Waals surface area (Å²) in [5.74, 6) is -1.10. The van der Waals surface area contributed by atoms with E-state index in [2.05, 4.69) is 10.3 Å². The van der Waals surface area contributed by atoms with Crippen LogP contribution in [0.4, 0.5) is 0 Å². The molecule has 4 heteroatoms.